The molecule has 1 N–H and O–H groups in total. The van der Waals surface area contributed by atoms with E-state index in [1.807, 2.05) is 77.4 Å². The Labute approximate surface area is 188 Å². The van der Waals surface area contributed by atoms with Crippen LogP contribution in [0.15, 0.2) is 89.7 Å². The van der Waals surface area contributed by atoms with Gasteiger partial charge in [-0.15, -0.1) is 0 Å². The molecule has 4 aromatic rings. The summed E-state index contributed by atoms with van der Waals surface area (Å²) in [6.07, 6.45) is 3.66. The number of benzene rings is 3. The van der Waals surface area contributed by atoms with Crippen LogP contribution in [-0.4, -0.2) is 16.3 Å². The number of nitrogens with zero attached hydrogens (tertiary/aromatic N) is 1. The summed E-state index contributed by atoms with van der Waals surface area (Å²) in [5, 5.41) is 10.0. The molecule has 0 saturated heterocycles. The van der Waals surface area contributed by atoms with E-state index < -0.39 is 0 Å². The van der Waals surface area contributed by atoms with Crippen molar-refractivity contribution in [2.24, 2.45) is 0 Å². The number of aliphatic hydroxyl groups excluding tert-OH is 1. The fraction of sp³-hybridized carbons (Fsp3) is 0.250. The van der Waals surface area contributed by atoms with Crippen molar-refractivity contribution in [3.05, 3.63) is 101 Å². The summed E-state index contributed by atoms with van der Waals surface area (Å²) in [6, 6.07) is 27.9. The maximum absolute atomic E-state index is 13.1. The molecule has 0 saturated carbocycles. The minimum atomic E-state index is -0.00118. The second-order valence-corrected chi connectivity index (χ2v) is 8.00. The summed E-state index contributed by atoms with van der Waals surface area (Å²) in [6.45, 7) is 1.35. The molecule has 164 valence electrons. The van der Waals surface area contributed by atoms with Gasteiger partial charge in [-0.25, -0.2) is 0 Å². The molecule has 0 aliphatic heterocycles. The van der Waals surface area contributed by atoms with Crippen molar-refractivity contribution >= 4 is 10.9 Å². The second-order valence-electron chi connectivity index (χ2n) is 8.00. The molecule has 4 rings (SSSR count). The largest absolute Gasteiger partial charge is 0.489 e. The minimum Gasteiger partial charge on any atom is -0.489 e. The SMILES string of the molecule is O=c1cc(-c2ccccc2)c2ccc(OCc3ccccc3)cc2n1CCCCCCO. The normalized spacial score (nSPS) is 11.0. The fourth-order valence-corrected chi connectivity index (χ4v) is 4.01. The Balaban J connectivity index is 1.69. The maximum Gasteiger partial charge on any atom is 0.251 e. The third-order valence-corrected chi connectivity index (χ3v) is 5.71. The van der Waals surface area contributed by atoms with Crippen molar-refractivity contribution in [2.75, 3.05) is 6.61 Å². The Kier molecular flexibility index (Phi) is 7.36. The van der Waals surface area contributed by atoms with Crippen LogP contribution in [0, 0.1) is 0 Å². The Morgan fingerprint density at radius 2 is 1.50 bits per heavy atom. The molecule has 0 atom stereocenters. The van der Waals surface area contributed by atoms with Gasteiger partial charge in [0.1, 0.15) is 12.4 Å². The number of aromatic nitrogens is 1. The van der Waals surface area contributed by atoms with Crippen molar-refractivity contribution < 1.29 is 9.84 Å². The Morgan fingerprint density at radius 3 is 2.25 bits per heavy atom. The summed E-state index contributed by atoms with van der Waals surface area (Å²) in [7, 11) is 0. The molecule has 4 heteroatoms. The van der Waals surface area contributed by atoms with E-state index in [0.717, 1.165) is 59.0 Å². The standard InChI is InChI=1S/C28H29NO3/c30-18-10-2-1-9-17-29-27-19-24(32-21-22-11-5-3-6-12-22)15-16-25(27)26(20-28(29)31)23-13-7-4-8-14-23/h3-8,11-16,19-20,30H,1-2,9-10,17-18,21H2. The first-order valence-corrected chi connectivity index (χ1v) is 11.3. The van der Waals surface area contributed by atoms with Gasteiger partial charge in [0.15, 0.2) is 0 Å². The minimum absolute atomic E-state index is 0.00118. The lowest BCUT2D eigenvalue weighted by Crippen LogP contribution is -2.20. The van der Waals surface area contributed by atoms with E-state index in [4.69, 9.17) is 9.84 Å². The molecule has 0 aliphatic rings. The number of hydrogen-bond acceptors (Lipinski definition) is 3. The van der Waals surface area contributed by atoms with Crippen LogP contribution in [0.1, 0.15) is 31.2 Å². The molecular formula is C28H29NO3. The van der Waals surface area contributed by atoms with Gasteiger partial charge >= 0.3 is 0 Å². The highest BCUT2D eigenvalue weighted by molar-refractivity contribution is 5.95. The van der Waals surface area contributed by atoms with Crippen LogP contribution in [-0.2, 0) is 13.2 Å². The highest BCUT2D eigenvalue weighted by Gasteiger charge is 2.12. The van der Waals surface area contributed by atoms with Crippen molar-refractivity contribution in [1.82, 2.24) is 4.57 Å². The van der Waals surface area contributed by atoms with E-state index in [1.165, 1.54) is 0 Å². The second kappa shape index (κ2) is 10.8. The molecule has 0 radical (unpaired) electrons. The number of aliphatic hydroxyl groups is 1. The van der Waals surface area contributed by atoms with Crippen LogP contribution in [0.5, 0.6) is 5.75 Å². The van der Waals surface area contributed by atoms with Gasteiger partial charge in [0, 0.05) is 30.7 Å². The van der Waals surface area contributed by atoms with E-state index in [1.54, 1.807) is 6.07 Å². The van der Waals surface area contributed by atoms with Crippen LogP contribution >= 0.6 is 0 Å². The maximum atomic E-state index is 13.1. The van der Waals surface area contributed by atoms with Crippen LogP contribution < -0.4 is 10.3 Å². The molecule has 3 aromatic carbocycles. The molecule has 0 fully saturated rings. The average molecular weight is 428 g/mol. The van der Waals surface area contributed by atoms with Gasteiger partial charge in [0.05, 0.1) is 5.52 Å². The van der Waals surface area contributed by atoms with Gasteiger partial charge in [-0.2, -0.15) is 0 Å². The van der Waals surface area contributed by atoms with Crippen LogP contribution in [0.2, 0.25) is 0 Å². The smallest absolute Gasteiger partial charge is 0.251 e. The summed E-state index contributed by atoms with van der Waals surface area (Å²) < 4.78 is 7.91. The number of rotatable bonds is 10. The molecule has 0 aliphatic carbocycles. The molecule has 0 spiro atoms. The molecular weight excluding hydrogens is 398 g/mol. The van der Waals surface area contributed by atoms with Gasteiger partial charge in [0.2, 0.25) is 0 Å². The van der Waals surface area contributed by atoms with E-state index >= 15 is 0 Å². The number of fused-ring (bicyclic) bond motifs is 1. The van der Waals surface area contributed by atoms with Gasteiger partial charge < -0.3 is 14.4 Å². The molecule has 4 nitrogen and oxygen atoms in total. The average Bonchev–Trinajstić information content (AvgIpc) is 2.84. The van der Waals surface area contributed by atoms with Crippen LogP contribution in [0.4, 0.5) is 0 Å². The summed E-state index contributed by atoms with van der Waals surface area (Å²) in [5.74, 6) is 0.750. The predicted octanol–water partition coefficient (Wildman–Crippen LogP) is 5.80. The zero-order chi connectivity index (χ0) is 22.2. The first kappa shape index (κ1) is 21.8. The van der Waals surface area contributed by atoms with Gasteiger partial charge in [-0.1, -0.05) is 73.5 Å². The zero-order valence-corrected chi connectivity index (χ0v) is 18.2. The topological polar surface area (TPSA) is 51.5 Å². The highest BCUT2D eigenvalue weighted by Crippen LogP contribution is 2.30. The first-order valence-electron chi connectivity index (χ1n) is 11.3. The lowest BCUT2D eigenvalue weighted by atomic mass is 10.0. The van der Waals surface area contributed by atoms with Gasteiger partial charge in [0.25, 0.3) is 5.56 Å². The number of hydrogen-bond donors (Lipinski definition) is 1. The Hall–Kier alpha value is -3.37. The lowest BCUT2D eigenvalue weighted by molar-refractivity contribution is 0.282. The summed E-state index contributed by atoms with van der Waals surface area (Å²) >= 11 is 0. The van der Waals surface area contributed by atoms with E-state index in [9.17, 15) is 4.79 Å². The zero-order valence-electron chi connectivity index (χ0n) is 18.2. The Bertz CT molecular complexity index is 1200. The van der Waals surface area contributed by atoms with E-state index in [0.29, 0.717) is 13.2 Å². The van der Waals surface area contributed by atoms with Crippen LogP contribution in [0.3, 0.4) is 0 Å². The van der Waals surface area contributed by atoms with E-state index in [2.05, 4.69) is 6.07 Å². The third-order valence-electron chi connectivity index (χ3n) is 5.71. The first-order chi connectivity index (χ1) is 15.8. The highest BCUT2D eigenvalue weighted by atomic mass is 16.5. The Morgan fingerprint density at radius 1 is 0.781 bits per heavy atom. The number of aryl methyl sites for hydroxylation is 1. The predicted molar refractivity (Wildman–Crippen MR) is 130 cm³/mol. The quantitative estimate of drug-likeness (QED) is 0.325. The lowest BCUT2D eigenvalue weighted by Gasteiger charge is -2.16. The third kappa shape index (κ3) is 5.27. The van der Waals surface area contributed by atoms with Gasteiger partial charge in [-0.05, 0) is 41.7 Å². The molecule has 1 aromatic heterocycles. The van der Waals surface area contributed by atoms with Crippen molar-refractivity contribution in [1.29, 1.82) is 0 Å². The summed E-state index contributed by atoms with van der Waals surface area (Å²) in [5.41, 5.74) is 3.97. The number of pyridine rings is 1. The van der Waals surface area contributed by atoms with Crippen molar-refractivity contribution in [3.63, 3.8) is 0 Å². The molecule has 0 bridgehead atoms. The van der Waals surface area contributed by atoms with Crippen molar-refractivity contribution in [3.8, 4) is 16.9 Å². The van der Waals surface area contributed by atoms with Crippen LogP contribution in [0.25, 0.3) is 22.0 Å². The van der Waals surface area contributed by atoms with Crippen molar-refractivity contribution in [2.45, 2.75) is 38.8 Å². The number of ether oxygens (including phenoxy) is 1. The molecule has 1 heterocycles. The molecule has 32 heavy (non-hydrogen) atoms. The molecule has 0 amide bonds. The molecule has 0 unspecified atom stereocenters. The van der Waals surface area contributed by atoms with Gasteiger partial charge in [-0.3, -0.25) is 4.79 Å². The fourth-order valence-electron chi connectivity index (χ4n) is 4.01. The number of unbranched alkanes of at least 4 members (excludes halogenated alkanes) is 3. The van der Waals surface area contributed by atoms with E-state index in [-0.39, 0.29) is 12.2 Å². The monoisotopic (exact) mass is 427 g/mol. The summed E-state index contributed by atoms with van der Waals surface area (Å²) in [4.78, 5) is 13.1.